The summed E-state index contributed by atoms with van der Waals surface area (Å²) in [7, 11) is 0. The van der Waals surface area contributed by atoms with E-state index in [0.717, 1.165) is 50.8 Å². The molecule has 0 spiro atoms. The van der Waals surface area contributed by atoms with E-state index >= 15 is 0 Å². The molecular formula is C21H27N5O. The summed E-state index contributed by atoms with van der Waals surface area (Å²) in [4.78, 5) is 24.1. The zero-order chi connectivity index (χ0) is 18.6. The molecule has 1 atom stereocenters. The number of nitrogens with two attached hydrogens (primary N) is 1. The van der Waals surface area contributed by atoms with E-state index in [1.54, 1.807) is 12.3 Å². The molecule has 3 N–H and O–H groups in total. The van der Waals surface area contributed by atoms with Crippen LogP contribution in [0.25, 0.3) is 0 Å². The van der Waals surface area contributed by atoms with Crippen molar-refractivity contribution in [1.82, 2.24) is 20.2 Å². The number of carbonyl (C=O) groups excluding carboxylic acids is 1. The van der Waals surface area contributed by atoms with Crippen LogP contribution in [0.15, 0.2) is 30.5 Å². The highest BCUT2D eigenvalue weighted by Crippen LogP contribution is 2.25. The number of hydrogen-bond donors (Lipinski definition) is 2. The van der Waals surface area contributed by atoms with E-state index < -0.39 is 0 Å². The van der Waals surface area contributed by atoms with Gasteiger partial charge in [-0.25, -0.2) is 9.97 Å². The molecule has 6 heteroatoms. The third-order valence-corrected chi connectivity index (χ3v) is 5.63. The molecule has 4 rings (SSSR count). The van der Waals surface area contributed by atoms with Gasteiger partial charge in [-0.05, 0) is 80.9 Å². The number of benzene rings is 1. The number of hydrogen-bond acceptors (Lipinski definition) is 5. The van der Waals surface area contributed by atoms with Crippen molar-refractivity contribution in [1.29, 1.82) is 0 Å². The molecule has 0 radical (unpaired) electrons. The van der Waals surface area contributed by atoms with Crippen molar-refractivity contribution in [2.75, 3.05) is 18.8 Å². The van der Waals surface area contributed by atoms with Gasteiger partial charge in [0.2, 0.25) is 0 Å². The molecule has 1 aliphatic heterocycles. The first-order chi connectivity index (χ1) is 13.2. The normalized spacial score (nSPS) is 19.3. The molecular weight excluding hydrogens is 338 g/mol. The lowest BCUT2D eigenvalue weighted by molar-refractivity contribution is 0.0639. The monoisotopic (exact) mass is 365 g/mol. The summed E-state index contributed by atoms with van der Waals surface area (Å²) in [6, 6.07) is 8.05. The van der Waals surface area contributed by atoms with Gasteiger partial charge in [0.15, 0.2) is 0 Å². The summed E-state index contributed by atoms with van der Waals surface area (Å²) in [6.45, 7) is 2.33. The number of nitrogen functional groups attached to an aromatic ring is 1. The van der Waals surface area contributed by atoms with Gasteiger partial charge >= 0.3 is 0 Å². The quantitative estimate of drug-likeness (QED) is 0.869. The van der Waals surface area contributed by atoms with E-state index in [1.165, 1.54) is 17.5 Å². The van der Waals surface area contributed by atoms with Crippen LogP contribution in [-0.2, 0) is 19.4 Å². The van der Waals surface area contributed by atoms with Crippen molar-refractivity contribution < 1.29 is 4.79 Å². The number of anilines is 1. The maximum Gasteiger partial charge on any atom is 0.254 e. The predicted molar refractivity (Wildman–Crippen MR) is 105 cm³/mol. The Morgan fingerprint density at radius 3 is 2.93 bits per heavy atom. The Labute approximate surface area is 160 Å². The van der Waals surface area contributed by atoms with E-state index in [2.05, 4.69) is 27.4 Å². The molecule has 142 valence electrons. The van der Waals surface area contributed by atoms with Crippen molar-refractivity contribution in [3.63, 3.8) is 0 Å². The summed E-state index contributed by atoms with van der Waals surface area (Å²) < 4.78 is 0. The second-order valence-corrected chi connectivity index (χ2v) is 7.50. The Hall–Kier alpha value is -2.47. The largest absolute Gasteiger partial charge is 0.384 e. The number of carbonyl (C=O) groups is 1. The summed E-state index contributed by atoms with van der Waals surface area (Å²) >= 11 is 0. The van der Waals surface area contributed by atoms with Crippen LogP contribution < -0.4 is 11.1 Å². The van der Waals surface area contributed by atoms with Crippen LogP contribution in [0, 0.1) is 0 Å². The molecule has 2 heterocycles. The summed E-state index contributed by atoms with van der Waals surface area (Å²) in [6.07, 6.45) is 8.04. The van der Waals surface area contributed by atoms with Crippen molar-refractivity contribution in [3.05, 3.63) is 53.0 Å². The first-order valence-corrected chi connectivity index (χ1v) is 9.91. The molecule has 0 unspecified atom stereocenters. The SMILES string of the molecule is Nc1ccnc(CN(C(=O)c2ccc3c(c2)CCC3)[C@H]2CCCNCC2)n1. The zero-order valence-electron chi connectivity index (χ0n) is 15.7. The second kappa shape index (κ2) is 8.05. The Kier molecular flexibility index (Phi) is 5.34. The van der Waals surface area contributed by atoms with Gasteiger partial charge in [-0.3, -0.25) is 4.79 Å². The topological polar surface area (TPSA) is 84.1 Å². The number of amides is 1. The lowest BCUT2D eigenvalue weighted by Gasteiger charge is -2.31. The molecule has 1 aromatic carbocycles. The Bertz CT molecular complexity index is 814. The molecule has 2 aliphatic rings. The van der Waals surface area contributed by atoms with Crippen molar-refractivity contribution in [2.45, 2.75) is 51.1 Å². The highest BCUT2D eigenvalue weighted by molar-refractivity contribution is 5.94. The minimum atomic E-state index is 0.0719. The van der Waals surface area contributed by atoms with Gasteiger partial charge in [-0.1, -0.05) is 6.07 Å². The highest BCUT2D eigenvalue weighted by atomic mass is 16.2. The standard InChI is InChI=1S/C21H27N5O/c22-19-9-12-24-20(25-19)14-26(18-5-2-10-23-11-8-18)21(27)17-7-6-15-3-1-4-16(15)13-17/h6-7,9,12-13,18,23H,1-5,8,10-11,14H2,(H2,22,24,25)/t18-/m0/s1. The van der Waals surface area contributed by atoms with E-state index in [0.29, 0.717) is 18.2 Å². The number of fused-ring (bicyclic) bond motifs is 1. The van der Waals surface area contributed by atoms with Crippen molar-refractivity contribution in [2.24, 2.45) is 0 Å². The Balaban J connectivity index is 1.62. The Morgan fingerprint density at radius 1 is 1.15 bits per heavy atom. The van der Waals surface area contributed by atoms with Crippen LogP contribution in [0.5, 0.6) is 0 Å². The summed E-state index contributed by atoms with van der Waals surface area (Å²) in [5.41, 5.74) is 9.30. The van der Waals surface area contributed by atoms with Crippen LogP contribution in [0.2, 0.25) is 0 Å². The summed E-state index contributed by atoms with van der Waals surface area (Å²) in [5.74, 6) is 1.11. The van der Waals surface area contributed by atoms with Crippen molar-refractivity contribution >= 4 is 11.7 Å². The number of rotatable bonds is 4. The fraction of sp³-hybridized carbons (Fsp3) is 0.476. The molecule has 27 heavy (non-hydrogen) atoms. The molecule has 1 amide bonds. The van der Waals surface area contributed by atoms with Gasteiger partial charge < -0.3 is 16.0 Å². The average molecular weight is 365 g/mol. The predicted octanol–water partition coefficient (Wildman–Crippen LogP) is 2.33. The van der Waals surface area contributed by atoms with Crippen LogP contribution in [-0.4, -0.2) is 39.9 Å². The molecule has 6 nitrogen and oxygen atoms in total. The molecule has 1 fully saturated rings. The molecule has 1 saturated heterocycles. The van der Waals surface area contributed by atoms with Crippen LogP contribution in [0.3, 0.4) is 0 Å². The lowest BCUT2D eigenvalue weighted by atomic mass is 10.0. The van der Waals surface area contributed by atoms with Crippen LogP contribution in [0.1, 0.15) is 53.0 Å². The zero-order valence-corrected chi connectivity index (χ0v) is 15.7. The Morgan fingerprint density at radius 2 is 2.04 bits per heavy atom. The number of aromatic nitrogens is 2. The van der Waals surface area contributed by atoms with Gasteiger partial charge in [0.1, 0.15) is 11.6 Å². The number of nitrogens with one attached hydrogen (secondary N) is 1. The smallest absolute Gasteiger partial charge is 0.254 e. The second-order valence-electron chi connectivity index (χ2n) is 7.50. The molecule has 0 saturated carbocycles. The van der Waals surface area contributed by atoms with Crippen molar-refractivity contribution in [3.8, 4) is 0 Å². The van der Waals surface area contributed by atoms with Gasteiger partial charge in [-0.15, -0.1) is 0 Å². The average Bonchev–Trinajstić information content (AvgIpc) is 2.98. The maximum absolute atomic E-state index is 13.5. The minimum Gasteiger partial charge on any atom is -0.384 e. The van der Waals surface area contributed by atoms with Gasteiger partial charge in [0.05, 0.1) is 6.54 Å². The molecule has 1 aromatic heterocycles. The van der Waals surface area contributed by atoms with E-state index in [4.69, 9.17) is 5.73 Å². The third-order valence-electron chi connectivity index (χ3n) is 5.63. The highest BCUT2D eigenvalue weighted by Gasteiger charge is 2.27. The van der Waals surface area contributed by atoms with Crippen LogP contribution >= 0.6 is 0 Å². The minimum absolute atomic E-state index is 0.0719. The fourth-order valence-electron chi connectivity index (χ4n) is 4.19. The van der Waals surface area contributed by atoms with Gasteiger partial charge in [-0.2, -0.15) is 0 Å². The summed E-state index contributed by atoms with van der Waals surface area (Å²) in [5, 5.41) is 3.43. The third kappa shape index (κ3) is 4.11. The van der Waals surface area contributed by atoms with Crippen LogP contribution in [0.4, 0.5) is 5.82 Å². The molecule has 1 aliphatic carbocycles. The van der Waals surface area contributed by atoms with Gasteiger partial charge in [0.25, 0.3) is 5.91 Å². The number of nitrogens with zero attached hydrogens (tertiary/aromatic N) is 3. The van der Waals surface area contributed by atoms with E-state index in [1.807, 2.05) is 11.0 Å². The van der Waals surface area contributed by atoms with E-state index in [9.17, 15) is 4.79 Å². The molecule has 2 aromatic rings. The number of aryl methyl sites for hydroxylation is 2. The maximum atomic E-state index is 13.5. The fourth-order valence-corrected chi connectivity index (χ4v) is 4.19. The van der Waals surface area contributed by atoms with Gasteiger partial charge in [0, 0.05) is 17.8 Å². The van der Waals surface area contributed by atoms with E-state index in [-0.39, 0.29) is 11.9 Å². The molecule has 0 bridgehead atoms. The first-order valence-electron chi connectivity index (χ1n) is 9.91. The first kappa shape index (κ1) is 17.9. The lowest BCUT2D eigenvalue weighted by Crippen LogP contribution is -2.41.